The van der Waals surface area contributed by atoms with Crippen LogP contribution in [-0.2, 0) is 11.2 Å². The minimum absolute atomic E-state index is 0.00660. The molecule has 0 fully saturated rings. The minimum atomic E-state index is -0.855. The second-order valence-electron chi connectivity index (χ2n) is 2.80. The highest BCUT2D eigenvalue weighted by Gasteiger charge is 2.10. The van der Waals surface area contributed by atoms with Gasteiger partial charge in [0.25, 0.3) is 0 Å². The fourth-order valence-electron chi connectivity index (χ4n) is 1.24. The number of nitrogens with zero attached hydrogens (tertiary/aromatic N) is 1. The Hall–Kier alpha value is -1.13. The first-order valence-electron chi connectivity index (χ1n) is 3.91. The number of thiophene rings is 1. The second-order valence-corrected chi connectivity index (χ2v) is 4.09. The molecule has 0 bridgehead atoms. The predicted octanol–water partition coefficient (Wildman–Crippen LogP) is 2.58. The van der Waals surface area contributed by atoms with Gasteiger partial charge in [-0.05, 0) is 11.4 Å². The molecule has 0 spiro atoms. The third-order valence-corrected chi connectivity index (χ3v) is 3.30. The van der Waals surface area contributed by atoms with Gasteiger partial charge in [-0.1, -0.05) is 11.6 Å². The van der Waals surface area contributed by atoms with E-state index in [1.165, 1.54) is 11.3 Å². The summed E-state index contributed by atoms with van der Waals surface area (Å²) in [7, 11) is 0. The molecule has 0 amide bonds. The van der Waals surface area contributed by atoms with Crippen molar-refractivity contribution in [2.75, 3.05) is 0 Å². The van der Waals surface area contributed by atoms with E-state index in [0.29, 0.717) is 10.5 Å². The van der Waals surface area contributed by atoms with Crippen molar-refractivity contribution in [1.82, 2.24) is 4.98 Å². The molecule has 5 heteroatoms. The van der Waals surface area contributed by atoms with Gasteiger partial charge in [0, 0.05) is 11.8 Å². The summed E-state index contributed by atoms with van der Waals surface area (Å²) in [6.07, 6.45) is 1.58. The summed E-state index contributed by atoms with van der Waals surface area (Å²) in [5.74, 6) is -0.855. The van der Waals surface area contributed by atoms with Crippen LogP contribution in [0.1, 0.15) is 5.56 Å². The lowest BCUT2D eigenvalue weighted by Crippen LogP contribution is -1.99. The normalized spacial score (nSPS) is 10.6. The highest BCUT2D eigenvalue weighted by molar-refractivity contribution is 7.18. The summed E-state index contributed by atoms with van der Waals surface area (Å²) in [5.41, 5.74) is 1.42. The number of carboxylic acid groups (broad SMARTS) is 1. The Morgan fingerprint density at radius 2 is 2.43 bits per heavy atom. The molecule has 0 radical (unpaired) electrons. The van der Waals surface area contributed by atoms with Gasteiger partial charge in [0.1, 0.15) is 0 Å². The third-order valence-electron chi connectivity index (χ3n) is 1.82. The molecule has 0 aliphatic carbocycles. The van der Waals surface area contributed by atoms with Crippen molar-refractivity contribution in [2.45, 2.75) is 6.42 Å². The number of carbonyl (C=O) groups is 1. The summed E-state index contributed by atoms with van der Waals surface area (Å²) in [4.78, 5) is 14.7. The van der Waals surface area contributed by atoms with Crippen molar-refractivity contribution < 1.29 is 9.90 Å². The van der Waals surface area contributed by atoms with Gasteiger partial charge in [-0.2, -0.15) is 0 Å². The van der Waals surface area contributed by atoms with Crippen LogP contribution in [0.4, 0.5) is 0 Å². The molecule has 2 rings (SSSR count). The van der Waals surface area contributed by atoms with Crippen molar-refractivity contribution in [3.05, 3.63) is 28.2 Å². The summed E-state index contributed by atoms with van der Waals surface area (Å²) in [6, 6.07) is 1.70. The van der Waals surface area contributed by atoms with E-state index >= 15 is 0 Å². The number of carboxylic acids is 1. The summed E-state index contributed by atoms with van der Waals surface area (Å²) < 4.78 is 0.852. The molecule has 2 heterocycles. The topological polar surface area (TPSA) is 50.2 Å². The zero-order valence-electron chi connectivity index (χ0n) is 7.03. The van der Waals surface area contributed by atoms with E-state index in [-0.39, 0.29) is 6.42 Å². The molecule has 0 unspecified atom stereocenters. The molecule has 2 aromatic heterocycles. The van der Waals surface area contributed by atoms with Gasteiger partial charge in [0.2, 0.25) is 0 Å². The van der Waals surface area contributed by atoms with E-state index in [0.717, 1.165) is 10.3 Å². The number of pyridine rings is 1. The lowest BCUT2D eigenvalue weighted by molar-refractivity contribution is -0.136. The smallest absolute Gasteiger partial charge is 0.307 e. The summed E-state index contributed by atoms with van der Waals surface area (Å²) >= 11 is 7.35. The molecule has 3 nitrogen and oxygen atoms in total. The van der Waals surface area contributed by atoms with Crippen LogP contribution in [0, 0.1) is 0 Å². The van der Waals surface area contributed by atoms with Crippen molar-refractivity contribution >= 4 is 39.1 Å². The molecule has 72 valence electrons. The Morgan fingerprint density at radius 3 is 3.14 bits per heavy atom. The summed E-state index contributed by atoms with van der Waals surface area (Å²) in [6.45, 7) is 0. The van der Waals surface area contributed by atoms with Crippen molar-refractivity contribution in [1.29, 1.82) is 0 Å². The van der Waals surface area contributed by atoms with E-state index in [2.05, 4.69) is 4.98 Å². The first-order chi connectivity index (χ1) is 6.68. The van der Waals surface area contributed by atoms with Crippen LogP contribution >= 0.6 is 22.9 Å². The molecule has 2 aromatic rings. The van der Waals surface area contributed by atoms with Crippen LogP contribution in [0.15, 0.2) is 17.6 Å². The molecule has 0 aliphatic rings. The van der Waals surface area contributed by atoms with Gasteiger partial charge in [-0.3, -0.25) is 9.78 Å². The van der Waals surface area contributed by atoms with Crippen molar-refractivity contribution in [3.63, 3.8) is 0 Å². The average molecular weight is 228 g/mol. The standard InChI is InChI=1S/C9H6ClNO2S/c10-6-1-2-11-8-5(3-7(12)13)4-14-9(6)8/h1-2,4H,3H2,(H,12,13). The number of fused-ring (bicyclic) bond motifs is 1. The highest BCUT2D eigenvalue weighted by Crippen LogP contribution is 2.30. The molecule has 0 atom stereocenters. The third kappa shape index (κ3) is 1.58. The van der Waals surface area contributed by atoms with Gasteiger partial charge in [0.15, 0.2) is 0 Å². The monoisotopic (exact) mass is 227 g/mol. The molecule has 0 aliphatic heterocycles. The number of aromatic nitrogens is 1. The Morgan fingerprint density at radius 1 is 1.64 bits per heavy atom. The highest BCUT2D eigenvalue weighted by atomic mass is 35.5. The van der Waals surface area contributed by atoms with E-state index < -0.39 is 5.97 Å². The van der Waals surface area contributed by atoms with Gasteiger partial charge in [-0.15, -0.1) is 11.3 Å². The maximum Gasteiger partial charge on any atom is 0.307 e. The largest absolute Gasteiger partial charge is 0.481 e. The quantitative estimate of drug-likeness (QED) is 0.858. The molecular weight excluding hydrogens is 222 g/mol. The van der Waals surface area contributed by atoms with Crippen LogP contribution in [0.25, 0.3) is 10.2 Å². The Balaban J connectivity index is 2.58. The Kier molecular flexibility index (Phi) is 2.39. The van der Waals surface area contributed by atoms with E-state index in [1.54, 1.807) is 17.6 Å². The minimum Gasteiger partial charge on any atom is -0.481 e. The zero-order chi connectivity index (χ0) is 10.1. The molecule has 0 saturated heterocycles. The first kappa shape index (κ1) is 9.43. The van der Waals surface area contributed by atoms with Crippen LogP contribution in [0.5, 0.6) is 0 Å². The van der Waals surface area contributed by atoms with Crippen molar-refractivity contribution in [3.8, 4) is 0 Å². The lowest BCUT2D eigenvalue weighted by Gasteiger charge is -1.94. The Labute approximate surface area is 89.0 Å². The van der Waals surface area contributed by atoms with E-state index in [9.17, 15) is 4.79 Å². The maximum absolute atomic E-state index is 10.5. The lowest BCUT2D eigenvalue weighted by atomic mass is 10.2. The number of rotatable bonds is 2. The first-order valence-corrected chi connectivity index (χ1v) is 5.16. The number of hydrogen-bond donors (Lipinski definition) is 1. The fourth-order valence-corrected chi connectivity index (χ4v) is 2.45. The SMILES string of the molecule is O=C(O)Cc1csc2c(Cl)ccnc12. The number of hydrogen-bond acceptors (Lipinski definition) is 3. The van der Waals surface area contributed by atoms with E-state index in [1.807, 2.05) is 0 Å². The van der Waals surface area contributed by atoms with Gasteiger partial charge in [-0.25, -0.2) is 0 Å². The van der Waals surface area contributed by atoms with Gasteiger partial charge < -0.3 is 5.11 Å². The molecule has 0 aromatic carbocycles. The van der Waals surface area contributed by atoms with Crippen LogP contribution in [0.3, 0.4) is 0 Å². The average Bonchev–Trinajstić information content (AvgIpc) is 2.49. The summed E-state index contributed by atoms with van der Waals surface area (Å²) in [5, 5.41) is 11.1. The van der Waals surface area contributed by atoms with Crippen molar-refractivity contribution in [2.24, 2.45) is 0 Å². The maximum atomic E-state index is 10.5. The molecule has 14 heavy (non-hydrogen) atoms. The number of aliphatic carboxylic acids is 1. The van der Waals surface area contributed by atoms with E-state index in [4.69, 9.17) is 16.7 Å². The molecule has 1 N–H and O–H groups in total. The van der Waals surface area contributed by atoms with Gasteiger partial charge in [0.05, 0.1) is 21.7 Å². The fraction of sp³-hybridized carbons (Fsp3) is 0.111. The van der Waals surface area contributed by atoms with Gasteiger partial charge >= 0.3 is 5.97 Å². The molecular formula is C9H6ClNO2S. The van der Waals surface area contributed by atoms with Crippen LogP contribution in [0.2, 0.25) is 5.02 Å². The molecule has 0 saturated carbocycles. The Bertz CT molecular complexity index is 495. The second kappa shape index (κ2) is 3.55. The van der Waals surface area contributed by atoms with Crippen LogP contribution in [-0.4, -0.2) is 16.1 Å². The zero-order valence-corrected chi connectivity index (χ0v) is 8.60. The van der Waals surface area contributed by atoms with Crippen LogP contribution < -0.4 is 0 Å². The number of halogens is 1. The predicted molar refractivity (Wildman–Crippen MR) is 56.0 cm³/mol.